The normalized spacial score (nSPS) is 11.0. The predicted octanol–water partition coefficient (Wildman–Crippen LogP) is 2.51. The number of aromatic hydroxyl groups is 1. The molecule has 0 fully saturated rings. The Labute approximate surface area is 102 Å². The lowest BCUT2D eigenvalue weighted by atomic mass is 10.2. The zero-order valence-corrected chi connectivity index (χ0v) is 10.5. The highest BCUT2D eigenvalue weighted by atomic mass is 35.5. The summed E-state index contributed by atoms with van der Waals surface area (Å²) in [7, 11) is 1.99. The summed E-state index contributed by atoms with van der Waals surface area (Å²) in [6, 6.07) is 5.09. The number of rotatable bonds is 6. The average molecular weight is 244 g/mol. The number of ether oxygens (including phenoxy) is 1. The number of hydrogen-bond acceptors (Lipinski definition) is 3. The maximum Gasteiger partial charge on any atom is 0.120 e. The van der Waals surface area contributed by atoms with Crippen molar-refractivity contribution in [1.29, 1.82) is 0 Å². The fraction of sp³-hybridized carbons (Fsp3) is 0.500. The zero-order valence-electron chi connectivity index (χ0n) is 9.74. The molecular formula is C12H18ClNO2. The quantitative estimate of drug-likeness (QED) is 0.780. The van der Waals surface area contributed by atoms with Crippen LogP contribution in [0.4, 0.5) is 0 Å². The van der Waals surface area contributed by atoms with E-state index in [9.17, 15) is 5.11 Å². The molecule has 0 unspecified atom stereocenters. The molecule has 0 aliphatic heterocycles. The Morgan fingerprint density at radius 3 is 2.88 bits per heavy atom. The first-order valence-electron chi connectivity index (χ1n) is 5.37. The second kappa shape index (κ2) is 6.74. The molecule has 90 valence electrons. The first kappa shape index (κ1) is 13.3. The van der Waals surface area contributed by atoms with Crippen LogP contribution in [0.15, 0.2) is 18.2 Å². The Bertz CT molecular complexity index is 331. The van der Waals surface area contributed by atoms with Crippen LogP contribution in [-0.2, 0) is 11.3 Å². The standard InChI is InChI=1S/C12H18ClNO2/c1-3-16-7-6-14(2)9-10-8-11(13)4-5-12(10)15/h4-5,8,15H,3,6-7,9H2,1-2H3. The summed E-state index contributed by atoms with van der Waals surface area (Å²) in [5.41, 5.74) is 0.839. The Kier molecular flexibility index (Phi) is 5.60. The molecule has 0 aromatic heterocycles. The van der Waals surface area contributed by atoms with Gasteiger partial charge in [-0.05, 0) is 32.2 Å². The van der Waals surface area contributed by atoms with Gasteiger partial charge in [0.2, 0.25) is 0 Å². The third-order valence-electron chi connectivity index (χ3n) is 2.30. The van der Waals surface area contributed by atoms with Gasteiger partial charge in [-0.15, -0.1) is 0 Å². The number of phenolic OH excluding ortho intramolecular Hbond substituents is 1. The second-order valence-electron chi connectivity index (χ2n) is 3.71. The van der Waals surface area contributed by atoms with Crippen LogP contribution in [0.3, 0.4) is 0 Å². The van der Waals surface area contributed by atoms with Crippen LogP contribution >= 0.6 is 11.6 Å². The lowest BCUT2D eigenvalue weighted by Crippen LogP contribution is -2.22. The number of halogens is 1. The lowest BCUT2D eigenvalue weighted by Gasteiger charge is -2.17. The van der Waals surface area contributed by atoms with Crippen LogP contribution in [0.25, 0.3) is 0 Å². The number of hydrogen-bond donors (Lipinski definition) is 1. The van der Waals surface area contributed by atoms with Crippen molar-refractivity contribution < 1.29 is 9.84 Å². The van der Waals surface area contributed by atoms with Gasteiger partial charge in [0.05, 0.1) is 6.61 Å². The topological polar surface area (TPSA) is 32.7 Å². The first-order valence-corrected chi connectivity index (χ1v) is 5.75. The van der Waals surface area contributed by atoms with Gasteiger partial charge in [-0.3, -0.25) is 4.90 Å². The first-order chi connectivity index (χ1) is 7.63. The van der Waals surface area contributed by atoms with Crippen LogP contribution in [0, 0.1) is 0 Å². The van der Waals surface area contributed by atoms with E-state index in [1.165, 1.54) is 0 Å². The zero-order chi connectivity index (χ0) is 12.0. The van der Waals surface area contributed by atoms with Gasteiger partial charge in [0.25, 0.3) is 0 Å². The van der Waals surface area contributed by atoms with Crippen molar-refractivity contribution in [2.45, 2.75) is 13.5 Å². The summed E-state index contributed by atoms with van der Waals surface area (Å²) in [5, 5.41) is 10.3. The molecular weight excluding hydrogens is 226 g/mol. The van der Waals surface area contributed by atoms with E-state index in [1.807, 2.05) is 14.0 Å². The molecule has 4 heteroatoms. The summed E-state index contributed by atoms with van der Waals surface area (Å²) in [6.45, 7) is 4.91. The largest absolute Gasteiger partial charge is 0.508 e. The summed E-state index contributed by atoms with van der Waals surface area (Å²) < 4.78 is 5.27. The van der Waals surface area contributed by atoms with Crippen LogP contribution in [-0.4, -0.2) is 36.8 Å². The van der Waals surface area contributed by atoms with Crippen molar-refractivity contribution in [2.24, 2.45) is 0 Å². The predicted molar refractivity (Wildman–Crippen MR) is 65.9 cm³/mol. The summed E-state index contributed by atoms with van der Waals surface area (Å²) in [4.78, 5) is 2.08. The van der Waals surface area contributed by atoms with Crippen LogP contribution in [0.5, 0.6) is 5.75 Å². The Balaban J connectivity index is 2.48. The highest BCUT2D eigenvalue weighted by molar-refractivity contribution is 6.30. The SMILES string of the molecule is CCOCCN(C)Cc1cc(Cl)ccc1O. The molecule has 0 spiro atoms. The molecule has 0 aliphatic rings. The summed E-state index contributed by atoms with van der Waals surface area (Å²) >= 11 is 5.87. The third kappa shape index (κ3) is 4.39. The fourth-order valence-electron chi connectivity index (χ4n) is 1.42. The van der Waals surface area contributed by atoms with Gasteiger partial charge < -0.3 is 9.84 Å². The van der Waals surface area contributed by atoms with Gasteiger partial charge in [-0.1, -0.05) is 11.6 Å². The van der Waals surface area contributed by atoms with E-state index < -0.39 is 0 Å². The molecule has 1 rings (SSSR count). The molecule has 0 atom stereocenters. The molecule has 0 saturated carbocycles. The van der Waals surface area contributed by atoms with E-state index in [0.717, 1.165) is 18.7 Å². The maximum absolute atomic E-state index is 9.64. The minimum atomic E-state index is 0.285. The molecule has 1 aromatic rings. The maximum atomic E-state index is 9.64. The van der Waals surface area contributed by atoms with Crippen LogP contribution in [0.1, 0.15) is 12.5 Å². The van der Waals surface area contributed by atoms with Crippen LogP contribution < -0.4 is 0 Å². The van der Waals surface area contributed by atoms with E-state index >= 15 is 0 Å². The van der Waals surface area contributed by atoms with Gasteiger partial charge >= 0.3 is 0 Å². The minimum Gasteiger partial charge on any atom is -0.508 e. The number of phenols is 1. The molecule has 0 radical (unpaired) electrons. The highest BCUT2D eigenvalue weighted by Crippen LogP contribution is 2.22. The van der Waals surface area contributed by atoms with Crippen molar-refractivity contribution in [2.75, 3.05) is 26.8 Å². The Hall–Kier alpha value is -0.770. The summed E-state index contributed by atoms with van der Waals surface area (Å²) in [5.74, 6) is 0.285. The molecule has 3 nitrogen and oxygen atoms in total. The minimum absolute atomic E-state index is 0.285. The lowest BCUT2D eigenvalue weighted by molar-refractivity contribution is 0.120. The molecule has 0 bridgehead atoms. The van der Waals surface area contributed by atoms with E-state index in [1.54, 1.807) is 18.2 Å². The van der Waals surface area contributed by atoms with Crippen molar-refractivity contribution in [3.05, 3.63) is 28.8 Å². The smallest absolute Gasteiger partial charge is 0.120 e. The van der Waals surface area contributed by atoms with E-state index in [0.29, 0.717) is 18.2 Å². The van der Waals surface area contributed by atoms with Crippen LogP contribution in [0.2, 0.25) is 5.02 Å². The number of likely N-dealkylation sites (N-methyl/N-ethyl adjacent to an activating group) is 1. The molecule has 16 heavy (non-hydrogen) atoms. The van der Waals surface area contributed by atoms with Gasteiger partial charge in [-0.25, -0.2) is 0 Å². The fourth-order valence-corrected chi connectivity index (χ4v) is 1.61. The van der Waals surface area contributed by atoms with Crippen molar-refractivity contribution >= 4 is 11.6 Å². The van der Waals surface area contributed by atoms with Gasteiger partial charge in [-0.2, -0.15) is 0 Å². The second-order valence-corrected chi connectivity index (χ2v) is 4.14. The molecule has 0 amide bonds. The van der Waals surface area contributed by atoms with E-state index in [-0.39, 0.29) is 5.75 Å². The summed E-state index contributed by atoms with van der Waals surface area (Å²) in [6.07, 6.45) is 0. The molecule has 1 N–H and O–H groups in total. The Morgan fingerprint density at radius 1 is 1.44 bits per heavy atom. The monoisotopic (exact) mass is 243 g/mol. The molecule has 0 saturated heterocycles. The number of benzene rings is 1. The van der Waals surface area contributed by atoms with Crippen molar-refractivity contribution in [1.82, 2.24) is 4.90 Å². The van der Waals surface area contributed by atoms with Crippen molar-refractivity contribution in [3.8, 4) is 5.75 Å². The van der Waals surface area contributed by atoms with Gasteiger partial charge in [0.15, 0.2) is 0 Å². The third-order valence-corrected chi connectivity index (χ3v) is 2.54. The van der Waals surface area contributed by atoms with Gasteiger partial charge in [0.1, 0.15) is 5.75 Å². The average Bonchev–Trinajstić information content (AvgIpc) is 2.24. The Morgan fingerprint density at radius 2 is 2.19 bits per heavy atom. The van der Waals surface area contributed by atoms with Gasteiger partial charge in [0, 0.05) is 30.3 Å². The number of nitrogens with zero attached hydrogens (tertiary/aromatic N) is 1. The highest BCUT2D eigenvalue weighted by Gasteiger charge is 2.05. The molecule has 1 aromatic carbocycles. The van der Waals surface area contributed by atoms with Crippen molar-refractivity contribution in [3.63, 3.8) is 0 Å². The van der Waals surface area contributed by atoms with E-state index in [4.69, 9.17) is 16.3 Å². The molecule has 0 heterocycles. The molecule has 0 aliphatic carbocycles. The van der Waals surface area contributed by atoms with E-state index in [2.05, 4.69) is 4.90 Å².